The molecule has 0 atom stereocenters. The molecule has 0 aliphatic rings. The van der Waals surface area contributed by atoms with Gasteiger partial charge in [-0.15, -0.1) is 0 Å². The highest BCUT2D eigenvalue weighted by molar-refractivity contribution is 7.80. The van der Waals surface area contributed by atoms with E-state index in [9.17, 15) is 13.0 Å². The Hall–Kier alpha value is -2.00. The molecule has 7 nitrogen and oxygen atoms in total. The minimum atomic E-state index is -4.41. The number of aromatic nitrogens is 1. The van der Waals surface area contributed by atoms with Gasteiger partial charge in [0.15, 0.2) is 12.4 Å². The average molecular weight is 339 g/mol. The van der Waals surface area contributed by atoms with Crippen molar-refractivity contribution >= 4 is 16.1 Å². The van der Waals surface area contributed by atoms with Crippen molar-refractivity contribution in [2.45, 2.75) is 13.5 Å². The number of para-hydroxylation sites is 1. The molecule has 0 radical (unpaired) electrons. The lowest BCUT2D eigenvalue weighted by Gasteiger charge is -2.10. The molecule has 0 amide bonds. The van der Waals surface area contributed by atoms with Crippen LogP contribution in [0.4, 0.5) is 5.69 Å². The van der Waals surface area contributed by atoms with Gasteiger partial charge in [-0.05, 0) is 24.1 Å². The van der Waals surface area contributed by atoms with Crippen molar-refractivity contribution in [3.8, 4) is 0 Å². The molecule has 0 aliphatic carbocycles. The predicted octanol–water partition coefficient (Wildman–Crippen LogP) is 1.03. The van der Waals surface area contributed by atoms with Crippen LogP contribution >= 0.6 is 0 Å². The summed E-state index contributed by atoms with van der Waals surface area (Å²) >= 11 is 0. The maximum atomic E-state index is 9.22. The van der Waals surface area contributed by atoms with E-state index in [0.717, 1.165) is 19.3 Å². The van der Waals surface area contributed by atoms with Gasteiger partial charge in [0.25, 0.3) is 0 Å². The third-order valence-electron chi connectivity index (χ3n) is 2.91. The standard InChI is InChI=1S/C14H18N3.CH4O4S/c1-12-5-3-4-6-14(12)16-15-11-13-7-9-17(2)10-8-13;1-5-6(2,3)4/h3-10,15-16H,11H2,1-2H3;1H3,(H,2,3,4)/q+1;/p-1. The minimum Gasteiger partial charge on any atom is -0.726 e. The molecule has 0 saturated heterocycles. The lowest BCUT2D eigenvalue weighted by molar-refractivity contribution is -0.671. The Labute approximate surface area is 136 Å². The Kier molecular flexibility index (Phi) is 7.63. The molecule has 23 heavy (non-hydrogen) atoms. The zero-order valence-electron chi connectivity index (χ0n) is 13.3. The summed E-state index contributed by atoms with van der Waals surface area (Å²) in [5, 5.41) is 0. The first-order valence-corrected chi connectivity index (χ1v) is 8.15. The van der Waals surface area contributed by atoms with Crippen LogP contribution in [0.2, 0.25) is 0 Å². The van der Waals surface area contributed by atoms with E-state index in [2.05, 4.69) is 46.2 Å². The largest absolute Gasteiger partial charge is 0.726 e. The topological polar surface area (TPSA) is 94.4 Å². The van der Waals surface area contributed by atoms with Crippen LogP contribution in [0.25, 0.3) is 0 Å². The van der Waals surface area contributed by atoms with Crippen molar-refractivity contribution in [2.24, 2.45) is 7.05 Å². The van der Waals surface area contributed by atoms with Crippen molar-refractivity contribution in [3.63, 3.8) is 0 Å². The third kappa shape index (κ3) is 8.27. The third-order valence-corrected chi connectivity index (χ3v) is 3.32. The van der Waals surface area contributed by atoms with E-state index >= 15 is 0 Å². The molecule has 0 aliphatic heterocycles. The molecule has 2 rings (SSSR count). The van der Waals surface area contributed by atoms with Crippen LogP contribution in [0.1, 0.15) is 11.1 Å². The summed E-state index contributed by atoms with van der Waals surface area (Å²) in [6, 6.07) is 12.4. The lowest BCUT2D eigenvalue weighted by Crippen LogP contribution is -2.27. The fraction of sp³-hybridized carbons (Fsp3) is 0.267. The quantitative estimate of drug-likeness (QED) is 0.366. The summed E-state index contributed by atoms with van der Waals surface area (Å²) in [4.78, 5) is 0. The van der Waals surface area contributed by atoms with Gasteiger partial charge in [-0.25, -0.2) is 18.4 Å². The predicted molar refractivity (Wildman–Crippen MR) is 86.0 cm³/mol. The Balaban J connectivity index is 0.000000379. The van der Waals surface area contributed by atoms with Gasteiger partial charge in [-0.2, -0.15) is 0 Å². The van der Waals surface area contributed by atoms with Gasteiger partial charge in [0.2, 0.25) is 10.4 Å². The van der Waals surface area contributed by atoms with Crippen LogP contribution in [-0.4, -0.2) is 20.1 Å². The molecule has 1 aromatic carbocycles. The van der Waals surface area contributed by atoms with E-state index in [1.807, 2.05) is 36.1 Å². The maximum absolute atomic E-state index is 9.22. The van der Waals surface area contributed by atoms with E-state index in [1.54, 1.807) is 0 Å². The number of aryl methyl sites for hydroxylation is 2. The fourth-order valence-corrected chi connectivity index (χ4v) is 1.60. The summed E-state index contributed by atoms with van der Waals surface area (Å²) in [7, 11) is -1.59. The Morgan fingerprint density at radius 3 is 2.26 bits per heavy atom. The number of hydrazine groups is 1. The molecule has 0 bridgehead atoms. The zero-order chi connectivity index (χ0) is 17.3. The molecule has 0 spiro atoms. The lowest BCUT2D eigenvalue weighted by atomic mass is 10.2. The normalized spacial score (nSPS) is 10.6. The molecule has 0 unspecified atom stereocenters. The second-order valence-corrected chi connectivity index (χ2v) is 5.89. The van der Waals surface area contributed by atoms with Crippen LogP contribution in [0.3, 0.4) is 0 Å². The Morgan fingerprint density at radius 1 is 1.17 bits per heavy atom. The van der Waals surface area contributed by atoms with Crippen LogP contribution in [0.5, 0.6) is 0 Å². The Bertz CT molecular complexity index is 703. The number of nitrogens with zero attached hydrogens (tertiary/aromatic N) is 1. The summed E-state index contributed by atoms with van der Waals surface area (Å²) in [6.45, 7) is 2.89. The van der Waals surface area contributed by atoms with Gasteiger partial charge >= 0.3 is 0 Å². The summed E-state index contributed by atoms with van der Waals surface area (Å²) < 4.78 is 33.0. The number of anilines is 1. The number of rotatable bonds is 5. The van der Waals surface area contributed by atoms with Crippen molar-refractivity contribution in [3.05, 3.63) is 59.9 Å². The number of nitrogens with one attached hydrogen (secondary N) is 2. The van der Waals surface area contributed by atoms with Crippen LogP contribution in [0, 0.1) is 6.92 Å². The Morgan fingerprint density at radius 2 is 1.74 bits per heavy atom. The SMILES string of the molecule is COS(=O)(=O)[O-].Cc1ccccc1NNCc1cc[n+](C)cc1. The first kappa shape index (κ1) is 19.0. The van der Waals surface area contributed by atoms with E-state index in [-0.39, 0.29) is 0 Å². The van der Waals surface area contributed by atoms with Crippen LogP contribution < -0.4 is 15.4 Å². The zero-order valence-corrected chi connectivity index (χ0v) is 14.1. The van der Waals surface area contributed by atoms with Gasteiger partial charge in [0.1, 0.15) is 7.05 Å². The van der Waals surface area contributed by atoms with Gasteiger partial charge in [0, 0.05) is 18.7 Å². The number of hydrogen-bond acceptors (Lipinski definition) is 6. The number of benzene rings is 1. The molecule has 126 valence electrons. The van der Waals surface area contributed by atoms with Gasteiger partial charge < -0.3 is 9.98 Å². The molecular weight excluding hydrogens is 318 g/mol. The fourth-order valence-electron chi connectivity index (χ4n) is 1.60. The van der Waals surface area contributed by atoms with Gasteiger partial charge in [-0.3, -0.25) is 4.18 Å². The maximum Gasteiger partial charge on any atom is 0.217 e. The average Bonchev–Trinajstić information content (AvgIpc) is 2.51. The van der Waals surface area contributed by atoms with Crippen molar-refractivity contribution in [2.75, 3.05) is 12.5 Å². The summed E-state index contributed by atoms with van der Waals surface area (Å²) in [5.74, 6) is 0. The molecule has 1 heterocycles. The molecule has 0 fully saturated rings. The molecular formula is C15H21N3O4S. The van der Waals surface area contributed by atoms with E-state index < -0.39 is 10.4 Å². The highest BCUT2D eigenvalue weighted by atomic mass is 32.3. The van der Waals surface area contributed by atoms with Crippen molar-refractivity contribution in [1.82, 2.24) is 5.43 Å². The van der Waals surface area contributed by atoms with E-state index in [4.69, 9.17) is 0 Å². The molecule has 2 aromatic rings. The number of hydrogen-bond donors (Lipinski definition) is 2. The van der Waals surface area contributed by atoms with Gasteiger partial charge in [-0.1, -0.05) is 18.2 Å². The minimum absolute atomic E-state index is 0.801. The number of pyridine rings is 1. The molecule has 0 saturated carbocycles. The molecule has 2 N–H and O–H groups in total. The van der Waals surface area contributed by atoms with Crippen molar-refractivity contribution in [1.29, 1.82) is 0 Å². The highest BCUT2D eigenvalue weighted by Crippen LogP contribution is 2.11. The first-order valence-electron chi connectivity index (χ1n) is 6.82. The smallest absolute Gasteiger partial charge is 0.217 e. The van der Waals surface area contributed by atoms with E-state index in [1.165, 1.54) is 11.1 Å². The van der Waals surface area contributed by atoms with Crippen molar-refractivity contribution < 1.29 is 21.7 Å². The summed E-state index contributed by atoms with van der Waals surface area (Å²) in [6.07, 6.45) is 4.09. The summed E-state index contributed by atoms with van der Waals surface area (Å²) in [5.41, 5.74) is 10.0. The second kappa shape index (κ2) is 9.21. The molecule has 1 aromatic heterocycles. The molecule has 8 heteroatoms. The first-order chi connectivity index (χ1) is 10.8. The highest BCUT2D eigenvalue weighted by Gasteiger charge is 1.97. The monoisotopic (exact) mass is 339 g/mol. The van der Waals surface area contributed by atoms with Gasteiger partial charge in [0.05, 0.1) is 12.8 Å². The van der Waals surface area contributed by atoms with Crippen LogP contribution in [0.15, 0.2) is 48.8 Å². The van der Waals surface area contributed by atoms with Crippen LogP contribution in [-0.2, 0) is 28.2 Å². The van der Waals surface area contributed by atoms with E-state index in [0.29, 0.717) is 0 Å². The second-order valence-electron chi connectivity index (χ2n) is 4.74.